The summed E-state index contributed by atoms with van der Waals surface area (Å²) in [5.41, 5.74) is 0.398. The van der Waals surface area contributed by atoms with E-state index >= 15 is 0 Å². The molecule has 0 unspecified atom stereocenters. The SMILES string of the molecule is CC(C)(CCC(=O)O)NC(=O)Nc1cc(N2CCCC2=O)ccc1Cl. The summed E-state index contributed by atoms with van der Waals surface area (Å²) in [6.07, 6.45) is 1.58. The minimum Gasteiger partial charge on any atom is -0.481 e. The molecule has 1 heterocycles. The Balaban J connectivity index is 2.04. The lowest BCUT2D eigenvalue weighted by Crippen LogP contribution is -2.45. The zero-order valence-electron chi connectivity index (χ0n) is 14.3. The number of halogens is 1. The quantitative estimate of drug-likeness (QED) is 0.718. The summed E-state index contributed by atoms with van der Waals surface area (Å²) in [5, 5.41) is 14.5. The monoisotopic (exact) mass is 367 g/mol. The van der Waals surface area contributed by atoms with Gasteiger partial charge in [0.25, 0.3) is 0 Å². The topological polar surface area (TPSA) is 98.7 Å². The smallest absolute Gasteiger partial charge is 0.319 e. The van der Waals surface area contributed by atoms with E-state index in [-0.39, 0.29) is 12.3 Å². The Kier molecular flexibility index (Phi) is 5.89. The predicted molar refractivity (Wildman–Crippen MR) is 96.1 cm³/mol. The maximum atomic E-state index is 12.2. The van der Waals surface area contributed by atoms with Gasteiger partial charge in [0, 0.05) is 30.6 Å². The molecule has 136 valence electrons. The number of amides is 3. The zero-order chi connectivity index (χ0) is 18.6. The summed E-state index contributed by atoms with van der Waals surface area (Å²) in [6.45, 7) is 4.14. The molecule has 0 bridgehead atoms. The van der Waals surface area contributed by atoms with Crippen LogP contribution < -0.4 is 15.5 Å². The van der Waals surface area contributed by atoms with Crippen LogP contribution in [0.2, 0.25) is 5.02 Å². The first-order valence-corrected chi connectivity index (χ1v) is 8.47. The molecule has 0 saturated carbocycles. The molecule has 1 aromatic carbocycles. The maximum Gasteiger partial charge on any atom is 0.319 e. The summed E-state index contributed by atoms with van der Waals surface area (Å²) in [5.74, 6) is -0.867. The molecule has 1 aliphatic rings. The van der Waals surface area contributed by atoms with E-state index in [4.69, 9.17) is 16.7 Å². The van der Waals surface area contributed by atoms with Crippen LogP contribution in [-0.2, 0) is 9.59 Å². The van der Waals surface area contributed by atoms with Crippen molar-refractivity contribution in [2.75, 3.05) is 16.8 Å². The highest BCUT2D eigenvalue weighted by atomic mass is 35.5. The number of nitrogens with zero attached hydrogens (tertiary/aromatic N) is 1. The Hall–Kier alpha value is -2.28. The van der Waals surface area contributed by atoms with Gasteiger partial charge in [0.05, 0.1) is 10.7 Å². The van der Waals surface area contributed by atoms with Crippen molar-refractivity contribution in [2.45, 2.75) is 45.1 Å². The number of hydrogen-bond acceptors (Lipinski definition) is 3. The highest BCUT2D eigenvalue weighted by Crippen LogP contribution is 2.30. The molecule has 0 aromatic heterocycles. The summed E-state index contributed by atoms with van der Waals surface area (Å²) in [4.78, 5) is 36.4. The average molecular weight is 368 g/mol. The third kappa shape index (κ3) is 5.35. The molecule has 0 spiro atoms. The number of anilines is 2. The molecule has 1 aliphatic heterocycles. The van der Waals surface area contributed by atoms with Crippen LogP contribution in [0.3, 0.4) is 0 Å². The van der Waals surface area contributed by atoms with Crippen molar-refractivity contribution < 1.29 is 19.5 Å². The fourth-order valence-electron chi connectivity index (χ4n) is 2.64. The molecule has 1 aromatic rings. The lowest BCUT2D eigenvalue weighted by Gasteiger charge is -2.26. The predicted octanol–water partition coefficient (Wildman–Crippen LogP) is 3.23. The number of nitrogens with one attached hydrogen (secondary N) is 2. The Morgan fingerprint density at radius 3 is 2.68 bits per heavy atom. The van der Waals surface area contributed by atoms with Crippen molar-refractivity contribution in [3.8, 4) is 0 Å². The van der Waals surface area contributed by atoms with Gasteiger partial charge in [-0.15, -0.1) is 0 Å². The van der Waals surface area contributed by atoms with Gasteiger partial charge < -0.3 is 20.6 Å². The van der Waals surface area contributed by atoms with Crippen molar-refractivity contribution in [1.82, 2.24) is 5.32 Å². The molecule has 25 heavy (non-hydrogen) atoms. The van der Waals surface area contributed by atoms with E-state index in [0.717, 1.165) is 6.42 Å². The van der Waals surface area contributed by atoms with E-state index in [0.29, 0.717) is 35.8 Å². The van der Waals surface area contributed by atoms with E-state index in [1.807, 2.05) is 0 Å². The number of benzene rings is 1. The van der Waals surface area contributed by atoms with Crippen molar-refractivity contribution in [2.24, 2.45) is 0 Å². The van der Waals surface area contributed by atoms with Gasteiger partial charge in [-0.2, -0.15) is 0 Å². The summed E-state index contributed by atoms with van der Waals surface area (Å²) >= 11 is 6.13. The molecule has 0 radical (unpaired) electrons. The Morgan fingerprint density at radius 1 is 1.36 bits per heavy atom. The zero-order valence-corrected chi connectivity index (χ0v) is 15.0. The summed E-state index contributed by atoms with van der Waals surface area (Å²) in [6, 6.07) is 4.55. The molecular formula is C17H22ClN3O4. The number of carbonyl (C=O) groups excluding carboxylic acids is 2. The molecule has 7 nitrogen and oxygen atoms in total. The molecule has 2 rings (SSSR count). The number of rotatable bonds is 6. The van der Waals surface area contributed by atoms with E-state index in [1.54, 1.807) is 36.9 Å². The first-order chi connectivity index (χ1) is 11.7. The van der Waals surface area contributed by atoms with Gasteiger partial charge in [-0.05, 0) is 44.9 Å². The lowest BCUT2D eigenvalue weighted by molar-refractivity contribution is -0.137. The van der Waals surface area contributed by atoms with Crippen molar-refractivity contribution in [1.29, 1.82) is 0 Å². The second-order valence-corrected chi connectivity index (χ2v) is 7.08. The Bertz CT molecular complexity index is 690. The lowest BCUT2D eigenvalue weighted by atomic mass is 9.99. The van der Waals surface area contributed by atoms with Gasteiger partial charge in [-0.25, -0.2) is 4.79 Å². The van der Waals surface area contributed by atoms with Crippen LogP contribution in [0.1, 0.15) is 39.5 Å². The standard InChI is InChI=1S/C17H22ClN3O4/c1-17(2,8-7-15(23)24)20-16(25)19-13-10-11(5-6-12(13)18)21-9-3-4-14(21)22/h5-6,10H,3-4,7-9H2,1-2H3,(H,23,24)(H2,19,20,25). The van der Waals surface area contributed by atoms with E-state index < -0.39 is 17.5 Å². The number of urea groups is 1. The largest absolute Gasteiger partial charge is 0.481 e. The van der Waals surface area contributed by atoms with Gasteiger partial charge in [-0.1, -0.05) is 11.6 Å². The highest BCUT2D eigenvalue weighted by molar-refractivity contribution is 6.33. The molecule has 3 amide bonds. The molecule has 1 saturated heterocycles. The Labute approximate surface area is 151 Å². The molecule has 3 N–H and O–H groups in total. The van der Waals surface area contributed by atoms with Crippen LogP contribution in [0.4, 0.5) is 16.2 Å². The normalized spacial score (nSPS) is 14.5. The van der Waals surface area contributed by atoms with Crippen LogP contribution in [0.5, 0.6) is 0 Å². The van der Waals surface area contributed by atoms with E-state index in [9.17, 15) is 14.4 Å². The number of hydrogen-bond donors (Lipinski definition) is 3. The van der Waals surface area contributed by atoms with Crippen molar-refractivity contribution in [3.05, 3.63) is 23.2 Å². The molecule has 0 atom stereocenters. The number of carbonyl (C=O) groups is 3. The molecule has 0 aliphatic carbocycles. The second-order valence-electron chi connectivity index (χ2n) is 6.67. The third-order valence-electron chi connectivity index (χ3n) is 4.00. The van der Waals surface area contributed by atoms with E-state index in [1.165, 1.54) is 0 Å². The Morgan fingerprint density at radius 2 is 2.08 bits per heavy atom. The van der Waals surface area contributed by atoms with E-state index in [2.05, 4.69) is 10.6 Å². The van der Waals surface area contributed by atoms with Crippen LogP contribution >= 0.6 is 11.6 Å². The van der Waals surface area contributed by atoms with Gasteiger partial charge in [0.1, 0.15) is 0 Å². The van der Waals surface area contributed by atoms with Crippen molar-refractivity contribution >= 4 is 40.9 Å². The van der Waals surface area contributed by atoms with Crippen LogP contribution in [0, 0.1) is 0 Å². The fraction of sp³-hybridized carbons (Fsp3) is 0.471. The number of carboxylic acid groups (broad SMARTS) is 1. The maximum absolute atomic E-state index is 12.2. The minimum absolute atomic E-state index is 0.0411. The van der Waals surface area contributed by atoms with Crippen molar-refractivity contribution in [3.63, 3.8) is 0 Å². The molecule has 8 heteroatoms. The average Bonchev–Trinajstić information content (AvgIpc) is 2.93. The van der Waals surface area contributed by atoms with Crippen LogP contribution in [-0.4, -0.2) is 35.1 Å². The number of aliphatic carboxylic acids is 1. The second kappa shape index (κ2) is 7.74. The van der Waals surface area contributed by atoms with Crippen LogP contribution in [0.15, 0.2) is 18.2 Å². The number of carboxylic acids is 1. The first-order valence-electron chi connectivity index (χ1n) is 8.09. The fourth-order valence-corrected chi connectivity index (χ4v) is 2.81. The third-order valence-corrected chi connectivity index (χ3v) is 4.33. The molecular weight excluding hydrogens is 346 g/mol. The summed E-state index contributed by atoms with van der Waals surface area (Å²) in [7, 11) is 0. The van der Waals surface area contributed by atoms with Gasteiger partial charge in [-0.3, -0.25) is 9.59 Å². The van der Waals surface area contributed by atoms with Crippen LogP contribution in [0.25, 0.3) is 0 Å². The highest BCUT2D eigenvalue weighted by Gasteiger charge is 2.24. The first kappa shape index (κ1) is 19.1. The molecule has 1 fully saturated rings. The minimum atomic E-state index is -0.915. The van der Waals surface area contributed by atoms with Gasteiger partial charge >= 0.3 is 12.0 Å². The van der Waals surface area contributed by atoms with Gasteiger partial charge in [0.15, 0.2) is 0 Å². The van der Waals surface area contributed by atoms with Gasteiger partial charge in [0.2, 0.25) is 5.91 Å². The summed E-state index contributed by atoms with van der Waals surface area (Å²) < 4.78 is 0.